The second-order valence-electron chi connectivity index (χ2n) is 4.94. The molecular weight excluding hydrogens is 171 g/mol. The molecule has 0 spiro atoms. The Morgan fingerprint density at radius 1 is 0.846 bits per heavy atom. The van der Waals surface area contributed by atoms with E-state index in [1.54, 1.807) is 0 Å². The van der Waals surface area contributed by atoms with Crippen molar-refractivity contribution >= 4 is 15.2 Å². The summed E-state index contributed by atoms with van der Waals surface area (Å²) < 4.78 is 0. The van der Waals surface area contributed by atoms with Gasteiger partial charge in [0, 0.05) is 0 Å². The molecule has 0 aliphatic carbocycles. The SMILES string of the molecule is CC(C)CC[CH2][Al+][CH2]CCC(C)C.[H-]. The molecule has 0 heterocycles. The summed E-state index contributed by atoms with van der Waals surface area (Å²) in [6, 6.07) is 0. The van der Waals surface area contributed by atoms with Crippen molar-refractivity contribution in [3.8, 4) is 0 Å². The van der Waals surface area contributed by atoms with E-state index in [1.165, 1.54) is 36.2 Å². The van der Waals surface area contributed by atoms with Crippen molar-refractivity contribution in [1.82, 2.24) is 0 Å². The van der Waals surface area contributed by atoms with Crippen LogP contribution in [-0.4, -0.2) is 15.2 Å². The summed E-state index contributed by atoms with van der Waals surface area (Å²) in [6.07, 6.45) is 5.84. The average molecular weight is 198 g/mol. The normalized spacial score (nSPS) is 10.9. The van der Waals surface area contributed by atoms with E-state index in [9.17, 15) is 0 Å². The minimum Gasteiger partial charge on any atom is -1.00 e. The number of rotatable bonds is 8. The van der Waals surface area contributed by atoms with Crippen LogP contribution >= 0.6 is 0 Å². The molecule has 0 amide bonds. The van der Waals surface area contributed by atoms with Gasteiger partial charge in [-0.1, -0.05) is 0 Å². The van der Waals surface area contributed by atoms with Crippen LogP contribution in [0.5, 0.6) is 0 Å². The van der Waals surface area contributed by atoms with Gasteiger partial charge in [0.25, 0.3) is 0 Å². The maximum atomic E-state index is 2.33. The van der Waals surface area contributed by atoms with Crippen molar-refractivity contribution < 1.29 is 1.43 Å². The van der Waals surface area contributed by atoms with Gasteiger partial charge in [0.2, 0.25) is 0 Å². The predicted molar refractivity (Wildman–Crippen MR) is 64.6 cm³/mol. The molecule has 0 aromatic rings. The smallest absolute Gasteiger partial charge is 1.00 e. The largest absolute Gasteiger partial charge is 1.00 e. The van der Waals surface area contributed by atoms with Crippen LogP contribution in [0.25, 0.3) is 0 Å². The van der Waals surface area contributed by atoms with E-state index in [1.807, 2.05) is 0 Å². The molecule has 0 N–H and O–H groups in total. The molecule has 13 heavy (non-hydrogen) atoms. The molecule has 0 nitrogen and oxygen atoms in total. The van der Waals surface area contributed by atoms with Crippen molar-refractivity contribution in [1.29, 1.82) is 0 Å². The molecule has 0 aromatic heterocycles. The van der Waals surface area contributed by atoms with E-state index in [2.05, 4.69) is 27.7 Å². The summed E-state index contributed by atoms with van der Waals surface area (Å²) in [6.45, 7) is 9.31. The molecule has 0 aliphatic heterocycles. The van der Waals surface area contributed by atoms with E-state index in [0.717, 1.165) is 27.1 Å². The molecule has 0 saturated heterocycles. The van der Waals surface area contributed by atoms with Gasteiger partial charge in [-0.05, 0) is 0 Å². The summed E-state index contributed by atoms with van der Waals surface area (Å²) in [7, 11) is 0. The topological polar surface area (TPSA) is 0 Å². The number of hydrogen-bond acceptors (Lipinski definition) is 0. The molecule has 0 fully saturated rings. The quantitative estimate of drug-likeness (QED) is 0.397. The van der Waals surface area contributed by atoms with Gasteiger partial charge >= 0.3 is 91.0 Å². The van der Waals surface area contributed by atoms with Crippen LogP contribution in [0.4, 0.5) is 0 Å². The van der Waals surface area contributed by atoms with Gasteiger partial charge in [-0.15, -0.1) is 0 Å². The second-order valence-corrected chi connectivity index (χ2v) is 6.67. The van der Waals surface area contributed by atoms with Crippen LogP contribution in [-0.2, 0) is 0 Å². The first kappa shape index (κ1) is 13.5. The van der Waals surface area contributed by atoms with Crippen LogP contribution in [0.2, 0.25) is 10.6 Å². The van der Waals surface area contributed by atoms with Crippen molar-refractivity contribution in [2.24, 2.45) is 11.8 Å². The third kappa shape index (κ3) is 12.5. The maximum absolute atomic E-state index is 2.33. The molecule has 0 aromatic carbocycles. The first-order chi connectivity index (χ1) is 6.13. The van der Waals surface area contributed by atoms with Crippen molar-refractivity contribution in [2.45, 2.75) is 63.9 Å². The van der Waals surface area contributed by atoms with E-state index in [0.29, 0.717) is 0 Å². The standard InChI is InChI=1S/2C6H13.Al.H/c2*1-4-5-6(2)3;;/h2*6H,1,4-5H2,2-3H3;;/q;;+1;-1. The fourth-order valence-electron chi connectivity index (χ4n) is 1.49. The van der Waals surface area contributed by atoms with Crippen LogP contribution in [0.3, 0.4) is 0 Å². The van der Waals surface area contributed by atoms with Gasteiger partial charge in [0.1, 0.15) is 0 Å². The van der Waals surface area contributed by atoms with Crippen LogP contribution in [0.15, 0.2) is 0 Å². The fraction of sp³-hybridized carbons (Fsp3) is 1.00. The Balaban J connectivity index is 0. The Morgan fingerprint density at radius 3 is 1.54 bits per heavy atom. The molecule has 0 aliphatic rings. The van der Waals surface area contributed by atoms with Crippen LogP contribution in [0.1, 0.15) is 54.8 Å². The van der Waals surface area contributed by atoms with Crippen LogP contribution in [0, 0.1) is 11.8 Å². The molecule has 0 unspecified atom stereocenters. The molecule has 1 heteroatoms. The summed E-state index contributed by atoms with van der Waals surface area (Å²) in [5, 5.41) is 3.08. The molecule has 0 radical (unpaired) electrons. The van der Waals surface area contributed by atoms with Crippen molar-refractivity contribution in [3.63, 3.8) is 0 Å². The van der Waals surface area contributed by atoms with Gasteiger partial charge in [-0.3, -0.25) is 0 Å². The van der Waals surface area contributed by atoms with Gasteiger partial charge in [0.05, 0.1) is 0 Å². The summed E-state index contributed by atoms with van der Waals surface area (Å²) in [5.74, 6) is 1.82. The molecule has 0 bridgehead atoms. The zero-order valence-corrected chi connectivity index (χ0v) is 11.1. The fourth-order valence-corrected chi connectivity index (χ4v) is 2.82. The molecule has 78 valence electrons. The molecule has 0 atom stereocenters. The van der Waals surface area contributed by atoms with E-state index in [4.69, 9.17) is 0 Å². The minimum absolute atomic E-state index is 0. The van der Waals surface area contributed by atoms with E-state index in [-0.39, 0.29) is 1.43 Å². The van der Waals surface area contributed by atoms with Crippen LogP contribution < -0.4 is 0 Å². The van der Waals surface area contributed by atoms with Crippen molar-refractivity contribution in [3.05, 3.63) is 0 Å². The minimum atomic E-state index is 0. The maximum Gasteiger partial charge on any atom is -1.00 e. The third-order valence-electron chi connectivity index (χ3n) is 2.38. The van der Waals surface area contributed by atoms with E-state index >= 15 is 0 Å². The van der Waals surface area contributed by atoms with Gasteiger partial charge in [0.15, 0.2) is 0 Å². The zero-order chi connectivity index (χ0) is 10.1. The van der Waals surface area contributed by atoms with Gasteiger partial charge in [-0.2, -0.15) is 0 Å². The van der Waals surface area contributed by atoms with Gasteiger partial charge in [-0.25, -0.2) is 0 Å². The Kier molecular flexibility index (Phi) is 9.47. The van der Waals surface area contributed by atoms with Crippen molar-refractivity contribution in [2.75, 3.05) is 0 Å². The summed E-state index contributed by atoms with van der Waals surface area (Å²) >= 11 is 0.778. The predicted octanol–water partition coefficient (Wildman–Crippen LogP) is 4.51. The number of hydrogen-bond donors (Lipinski definition) is 0. The Labute approximate surface area is 92.7 Å². The molecule has 0 rings (SSSR count). The second kappa shape index (κ2) is 9.10. The summed E-state index contributed by atoms with van der Waals surface area (Å²) in [4.78, 5) is 0. The first-order valence-corrected chi connectivity index (χ1v) is 7.58. The monoisotopic (exact) mass is 198 g/mol. The zero-order valence-electron chi connectivity index (χ0n) is 11.0. The van der Waals surface area contributed by atoms with E-state index < -0.39 is 0 Å². The Morgan fingerprint density at radius 2 is 1.23 bits per heavy atom. The Hall–Kier alpha value is 0.532. The first-order valence-electron chi connectivity index (χ1n) is 5.94. The summed E-state index contributed by atoms with van der Waals surface area (Å²) in [5.41, 5.74) is 0. The molecule has 0 saturated carbocycles. The molecular formula is C12H27Al. The third-order valence-corrected chi connectivity index (χ3v) is 4.01. The average Bonchev–Trinajstić information content (AvgIpc) is 2.01. The Bertz CT molecular complexity index is 90.5. The van der Waals surface area contributed by atoms with Gasteiger partial charge < -0.3 is 1.43 Å².